The predicted octanol–water partition coefficient (Wildman–Crippen LogP) is 4.62. The number of rotatable bonds is 7. The fourth-order valence-electron chi connectivity index (χ4n) is 2.99. The van der Waals surface area contributed by atoms with Crippen molar-refractivity contribution < 1.29 is 9.53 Å². The maximum Gasteiger partial charge on any atom is 0.265 e. The van der Waals surface area contributed by atoms with Gasteiger partial charge >= 0.3 is 0 Å². The highest BCUT2D eigenvalue weighted by atomic mass is 79.9. The smallest absolute Gasteiger partial charge is 0.265 e. The molecule has 0 aliphatic heterocycles. The van der Waals surface area contributed by atoms with Gasteiger partial charge in [-0.3, -0.25) is 9.59 Å². The Bertz CT molecular complexity index is 878. The molecule has 2 aromatic rings. The van der Waals surface area contributed by atoms with Gasteiger partial charge in [0, 0.05) is 29.0 Å². The lowest BCUT2D eigenvalue weighted by atomic mass is 10.0. The largest absolute Gasteiger partial charge is 0.478 e. The lowest BCUT2D eigenvalue weighted by molar-refractivity contribution is 0.101. The summed E-state index contributed by atoms with van der Waals surface area (Å²) >= 11 is 3.52. The Kier molecular flexibility index (Phi) is 7.25. The molecule has 0 saturated carbocycles. The number of nitrogens with zero attached hydrogens (tertiary/aromatic N) is 1. The normalized spacial score (nSPS) is 10.7. The number of halogens is 1. The van der Waals surface area contributed by atoms with Gasteiger partial charge in [-0.15, -0.1) is 0 Å². The van der Waals surface area contributed by atoms with Crippen LogP contribution in [0.5, 0.6) is 5.88 Å². The molecule has 1 N–H and O–H groups in total. The molecule has 5 nitrogen and oxygen atoms in total. The minimum absolute atomic E-state index is 0.0450. The zero-order valence-electron chi connectivity index (χ0n) is 16.6. The molecule has 27 heavy (non-hydrogen) atoms. The summed E-state index contributed by atoms with van der Waals surface area (Å²) in [5.41, 5.74) is 3.28. The number of hydrogen-bond donors (Lipinski definition) is 1. The first kappa shape index (κ1) is 21.2. The molecule has 0 bridgehead atoms. The monoisotopic (exact) mass is 434 g/mol. The number of carbonyl (C=O) groups is 1. The molecule has 0 aliphatic carbocycles. The van der Waals surface area contributed by atoms with E-state index in [9.17, 15) is 9.59 Å². The minimum atomic E-state index is -0.437. The fourth-order valence-corrected chi connectivity index (χ4v) is 3.54. The summed E-state index contributed by atoms with van der Waals surface area (Å²) in [5, 5.41) is 2.98. The van der Waals surface area contributed by atoms with Crippen molar-refractivity contribution in [2.75, 3.05) is 11.9 Å². The number of amides is 1. The number of pyridine rings is 1. The van der Waals surface area contributed by atoms with Crippen LogP contribution in [0.1, 0.15) is 54.4 Å². The molecule has 0 aliphatic rings. The predicted molar refractivity (Wildman–Crippen MR) is 113 cm³/mol. The van der Waals surface area contributed by atoms with E-state index in [2.05, 4.69) is 21.2 Å². The first-order chi connectivity index (χ1) is 12.8. The summed E-state index contributed by atoms with van der Waals surface area (Å²) in [7, 11) is 1.80. The highest BCUT2D eigenvalue weighted by molar-refractivity contribution is 9.10. The van der Waals surface area contributed by atoms with Crippen molar-refractivity contribution in [1.29, 1.82) is 0 Å². The van der Waals surface area contributed by atoms with Gasteiger partial charge in [-0.1, -0.05) is 36.7 Å². The van der Waals surface area contributed by atoms with Crippen molar-refractivity contribution in [3.8, 4) is 5.88 Å². The van der Waals surface area contributed by atoms with Gasteiger partial charge in [0.25, 0.3) is 5.91 Å². The Balaban J connectivity index is 2.54. The molecule has 0 saturated heterocycles. The average Bonchev–Trinajstić information content (AvgIpc) is 2.64. The Morgan fingerprint density at radius 3 is 2.26 bits per heavy atom. The van der Waals surface area contributed by atoms with Gasteiger partial charge < -0.3 is 14.6 Å². The summed E-state index contributed by atoms with van der Waals surface area (Å²) in [6.45, 7) is 8.32. The van der Waals surface area contributed by atoms with E-state index in [4.69, 9.17) is 4.74 Å². The van der Waals surface area contributed by atoms with Gasteiger partial charge in [0.05, 0.1) is 6.61 Å². The molecule has 1 heterocycles. The van der Waals surface area contributed by atoms with Crippen molar-refractivity contribution in [3.63, 3.8) is 0 Å². The second kappa shape index (κ2) is 9.22. The van der Waals surface area contributed by atoms with Gasteiger partial charge in [-0.2, -0.15) is 0 Å². The van der Waals surface area contributed by atoms with Crippen molar-refractivity contribution in [2.45, 2.75) is 47.0 Å². The number of aromatic nitrogens is 1. The second-order valence-corrected chi connectivity index (χ2v) is 7.41. The Morgan fingerprint density at radius 1 is 1.15 bits per heavy atom. The van der Waals surface area contributed by atoms with Crippen LogP contribution in [0.25, 0.3) is 0 Å². The highest BCUT2D eigenvalue weighted by Crippen LogP contribution is 2.28. The standard InChI is InChI=1S/C21H27BrN2O3/c1-6-9-27-21-18(17(25)10-13(4)24(21)5)20(26)23-19-14(7-2)11-16(22)12-15(19)8-3/h10-12H,6-9H2,1-5H3,(H,23,26). The van der Waals surface area contributed by atoms with E-state index in [1.54, 1.807) is 11.6 Å². The molecule has 1 aromatic carbocycles. The molecule has 146 valence electrons. The van der Waals surface area contributed by atoms with Crippen molar-refractivity contribution in [1.82, 2.24) is 4.57 Å². The van der Waals surface area contributed by atoms with Crippen LogP contribution in [-0.4, -0.2) is 17.1 Å². The van der Waals surface area contributed by atoms with E-state index >= 15 is 0 Å². The molecule has 0 radical (unpaired) electrons. The molecule has 1 amide bonds. The number of ether oxygens (including phenoxy) is 1. The van der Waals surface area contributed by atoms with E-state index in [0.29, 0.717) is 12.5 Å². The summed E-state index contributed by atoms with van der Waals surface area (Å²) < 4.78 is 8.49. The summed E-state index contributed by atoms with van der Waals surface area (Å²) in [4.78, 5) is 25.7. The molecule has 2 rings (SSSR count). The minimum Gasteiger partial charge on any atom is -0.478 e. The number of hydrogen-bond acceptors (Lipinski definition) is 3. The van der Waals surface area contributed by atoms with E-state index in [-0.39, 0.29) is 11.0 Å². The Morgan fingerprint density at radius 2 is 1.74 bits per heavy atom. The van der Waals surface area contributed by atoms with Crippen LogP contribution < -0.4 is 15.5 Å². The first-order valence-electron chi connectivity index (χ1n) is 9.29. The van der Waals surface area contributed by atoms with Crippen LogP contribution >= 0.6 is 15.9 Å². The van der Waals surface area contributed by atoms with Crippen LogP contribution in [0.3, 0.4) is 0 Å². The van der Waals surface area contributed by atoms with Crippen LogP contribution in [0.15, 0.2) is 27.5 Å². The van der Waals surface area contributed by atoms with Gasteiger partial charge in [-0.05, 0) is 49.4 Å². The third kappa shape index (κ3) is 4.61. The second-order valence-electron chi connectivity index (χ2n) is 6.50. The molecule has 0 atom stereocenters. The number of nitrogens with one attached hydrogen (secondary N) is 1. The zero-order valence-corrected chi connectivity index (χ0v) is 18.2. The maximum atomic E-state index is 13.1. The molecular weight excluding hydrogens is 408 g/mol. The lowest BCUT2D eigenvalue weighted by Gasteiger charge is -2.19. The SMILES string of the molecule is CCCOc1c(C(=O)Nc2c(CC)cc(Br)cc2CC)c(=O)cc(C)n1C. The fraction of sp³-hybridized carbons (Fsp3) is 0.429. The summed E-state index contributed by atoms with van der Waals surface area (Å²) in [6, 6.07) is 5.46. The Labute approximate surface area is 168 Å². The van der Waals surface area contributed by atoms with Gasteiger partial charge in [0.2, 0.25) is 5.88 Å². The zero-order chi connectivity index (χ0) is 20.1. The topological polar surface area (TPSA) is 60.3 Å². The van der Waals surface area contributed by atoms with Crippen molar-refractivity contribution in [3.05, 3.63) is 55.3 Å². The molecule has 0 fully saturated rings. The van der Waals surface area contributed by atoms with Crippen LogP contribution in [0.4, 0.5) is 5.69 Å². The first-order valence-corrected chi connectivity index (χ1v) is 10.1. The van der Waals surface area contributed by atoms with Crippen molar-refractivity contribution >= 4 is 27.5 Å². The lowest BCUT2D eigenvalue weighted by Crippen LogP contribution is -2.26. The number of carbonyl (C=O) groups excluding carboxylic acids is 1. The third-order valence-corrected chi connectivity index (χ3v) is 5.03. The average molecular weight is 435 g/mol. The number of aryl methyl sites for hydroxylation is 3. The van der Waals surface area contributed by atoms with Crippen LogP contribution in [0, 0.1) is 6.92 Å². The third-order valence-electron chi connectivity index (χ3n) is 4.57. The van der Waals surface area contributed by atoms with Gasteiger partial charge in [0.1, 0.15) is 5.56 Å². The Hall–Kier alpha value is -2.08. The van der Waals surface area contributed by atoms with Crippen LogP contribution in [0.2, 0.25) is 0 Å². The van der Waals surface area contributed by atoms with Crippen molar-refractivity contribution in [2.24, 2.45) is 7.05 Å². The maximum absolute atomic E-state index is 13.1. The highest BCUT2D eigenvalue weighted by Gasteiger charge is 2.22. The van der Waals surface area contributed by atoms with E-state index < -0.39 is 5.91 Å². The number of benzene rings is 1. The van der Waals surface area contributed by atoms with Crippen LogP contribution in [-0.2, 0) is 19.9 Å². The molecule has 6 heteroatoms. The number of anilines is 1. The van der Waals surface area contributed by atoms with E-state index in [1.807, 2.05) is 39.8 Å². The van der Waals surface area contributed by atoms with Gasteiger partial charge in [0.15, 0.2) is 5.43 Å². The molecular formula is C21H27BrN2O3. The summed E-state index contributed by atoms with van der Waals surface area (Å²) in [5.74, 6) is -0.124. The van der Waals surface area contributed by atoms with E-state index in [0.717, 1.165) is 46.2 Å². The summed E-state index contributed by atoms with van der Waals surface area (Å²) in [6.07, 6.45) is 2.33. The molecule has 0 unspecified atom stereocenters. The van der Waals surface area contributed by atoms with E-state index in [1.165, 1.54) is 6.07 Å². The quantitative estimate of drug-likeness (QED) is 0.691. The molecule has 1 aromatic heterocycles. The van der Waals surface area contributed by atoms with Gasteiger partial charge in [-0.25, -0.2) is 0 Å². The molecule has 0 spiro atoms.